The lowest BCUT2D eigenvalue weighted by molar-refractivity contribution is -0.0619. The lowest BCUT2D eigenvalue weighted by Gasteiger charge is -2.19. The normalized spacial score (nSPS) is 12.9. The van der Waals surface area contributed by atoms with Gasteiger partial charge in [-0.15, -0.1) is 0 Å². The summed E-state index contributed by atoms with van der Waals surface area (Å²) >= 11 is 6.26. The number of aliphatic hydroxyl groups is 2. The van der Waals surface area contributed by atoms with Gasteiger partial charge in [0.05, 0.1) is 30.2 Å². The van der Waals surface area contributed by atoms with Gasteiger partial charge in [0.2, 0.25) is 0 Å². The van der Waals surface area contributed by atoms with Gasteiger partial charge in [0.15, 0.2) is 0 Å². The summed E-state index contributed by atoms with van der Waals surface area (Å²) in [4.78, 5) is 30.5. The molecule has 0 bridgehead atoms. The maximum atomic E-state index is 14.4. The molecule has 0 spiro atoms. The van der Waals surface area contributed by atoms with Crippen molar-refractivity contribution in [2.45, 2.75) is 32.4 Å². The minimum Gasteiger partial charge on any atom is -0.393 e. The number of halogens is 2. The van der Waals surface area contributed by atoms with Crippen LogP contribution in [0.1, 0.15) is 28.0 Å². The van der Waals surface area contributed by atoms with Crippen LogP contribution in [-0.2, 0) is 17.8 Å². The number of aryl methyl sites for hydroxylation is 1. The number of nitrogens with zero attached hydrogens (tertiary/aromatic N) is 1. The van der Waals surface area contributed by atoms with Crippen LogP contribution < -0.4 is 16.4 Å². The smallest absolute Gasteiger partial charge is 0.278 e. The van der Waals surface area contributed by atoms with Crippen LogP contribution in [0.4, 0.5) is 15.8 Å². The highest BCUT2D eigenvalue weighted by atomic mass is 35.5. The molecule has 1 aliphatic heterocycles. The first kappa shape index (κ1) is 21.3. The summed E-state index contributed by atoms with van der Waals surface area (Å²) in [5.74, 6) is -1.30. The highest BCUT2D eigenvalue weighted by molar-refractivity contribution is 6.34. The second kappa shape index (κ2) is 8.91. The molecular weight excluding hydrogens is 405 g/mol. The Morgan fingerprint density at radius 1 is 1.38 bits per heavy atom. The van der Waals surface area contributed by atoms with Gasteiger partial charge in [0.25, 0.3) is 11.5 Å². The van der Waals surface area contributed by atoms with Crippen LogP contribution in [0.25, 0.3) is 0 Å². The zero-order valence-corrected chi connectivity index (χ0v) is 16.4. The molecule has 0 fully saturated rings. The molecule has 3 rings (SSSR count). The van der Waals surface area contributed by atoms with Crippen LogP contribution in [0.2, 0.25) is 5.02 Å². The number of hydrogen-bond acceptors (Lipinski definition) is 6. The largest absolute Gasteiger partial charge is 0.393 e. The number of rotatable bonds is 7. The van der Waals surface area contributed by atoms with E-state index in [4.69, 9.17) is 26.7 Å². The number of fused-ring (bicyclic) bond motifs is 1. The first-order valence-corrected chi connectivity index (χ1v) is 9.41. The molecule has 2 heterocycles. The Hall–Kier alpha value is -2.46. The second-order valence-electron chi connectivity index (χ2n) is 6.72. The van der Waals surface area contributed by atoms with Crippen molar-refractivity contribution in [3.8, 4) is 0 Å². The summed E-state index contributed by atoms with van der Waals surface area (Å²) in [6, 6.07) is 4.47. The molecule has 0 atom stereocenters. The van der Waals surface area contributed by atoms with Crippen molar-refractivity contribution in [2.75, 3.05) is 18.5 Å². The SMILES string of the molecule is Cc1ccc(Nc2c(C(=O)NOC(CO)CO)c3n(c(=O)c2Cl)CCC3)c(F)c1. The average Bonchev–Trinajstić information content (AvgIpc) is 3.18. The van der Waals surface area contributed by atoms with Crippen molar-refractivity contribution in [1.82, 2.24) is 10.0 Å². The van der Waals surface area contributed by atoms with E-state index in [0.717, 1.165) is 0 Å². The molecule has 8 nitrogen and oxygen atoms in total. The Kier molecular flexibility index (Phi) is 6.53. The van der Waals surface area contributed by atoms with E-state index in [0.29, 0.717) is 30.6 Å². The number of carbonyl (C=O) groups is 1. The fourth-order valence-electron chi connectivity index (χ4n) is 3.18. The predicted octanol–water partition coefficient (Wildman–Crippen LogP) is 1.65. The molecule has 1 aliphatic rings. The van der Waals surface area contributed by atoms with Gasteiger partial charge in [-0.1, -0.05) is 17.7 Å². The van der Waals surface area contributed by atoms with Crippen LogP contribution >= 0.6 is 11.6 Å². The van der Waals surface area contributed by atoms with Crippen LogP contribution in [0.5, 0.6) is 0 Å². The number of carbonyl (C=O) groups excluding carboxylic acids is 1. The van der Waals surface area contributed by atoms with E-state index in [1.807, 2.05) is 0 Å². The van der Waals surface area contributed by atoms with Crippen molar-refractivity contribution in [1.29, 1.82) is 0 Å². The van der Waals surface area contributed by atoms with Crippen LogP contribution in [0.15, 0.2) is 23.0 Å². The number of benzene rings is 1. The van der Waals surface area contributed by atoms with Crippen molar-refractivity contribution < 1.29 is 24.2 Å². The van der Waals surface area contributed by atoms with Crippen LogP contribution in [0, 0.1) is 12.7 Å². The van der Waals surface area contributed by atoms with Crippen molar-refractivity contribution in [3.63, 3.8) is 0 Å². The molecule has 0 radical (unpaired) electrons. The molecule has 29 heavy (non-hydrogen) atoms. The molecule has 0 saturated carbocycles. The number of nitrogens with one attached hydrogen (secondary N) is 2. The number of hydroxylamine groups is 1. The third kappa shape index (κ3) is 4.27. The lowest BCUT2D eigenvalue weighted by atomic mass is 10.1. The van der Waals surface area contributed by atoms with Gasteiger partial charge in [-0.2, -0.15) is 0 Å². The summed E-state index contributed by atoms with van der Waals surface area (Å²) in [7, 11) is 0. The van der Waals surface area contributed by atoms with E-state index in [9.17, 15) is 14.0 Å². The third-order valence-corrected chi connectivity index (χ3v) is 5.00. The Morgan fingerprint density at radius 3 is 2.76 bits per heavy atom. The summed E-state index contributed by atoms with van der Waals surface area (Å²) in [5, 5.41) is 20.7. The number of aromatic nitrogens is 1. The minimum atomic E-state index is -1.01. The van der Waals surface area contributed by atoms with Gasteiger partial charge in [0, 0.05) is 12.2 Å². The number of pyridine rings is 1. The summed E-state index contributed by atoms with van der Waals surface area (Å²) < 4.78 is 15.8. The zero-order chi connectivity index (χ0) is 21.1. The fraction of sp³-hybridized carbons (Fsp3) is 0.368. The maximum absolute atomic E-state index is 14.4. The summed E-state index contributed by atoms with van der Waals surface area (Å²) in [6.45, 7) is 1.12. The molecule has 0 unspecified atom stereocenters. The Bertz CT molecular complexity index is 991. The van der Waals surface area contributed by atoms with E-state index < -0.39 is 36.6 Å². The van der Waals surface area contributed by atoms with E-state index in [2.05, 4.69) is 10.8 Å². The minimum absolute atomic E-state index is 0.0294. The molecule has 4 N–H and O–H groups in total. The van der Waals surface area contributed by atoms with Gasteiger partial charge in [-0.3, -0.25) is 14.4 Å². The zero-order valence-electron chi connectivity index (χ0n) is 15.7. The maximum Gasteiger partial charge on any atom is 0.278 e. The quantitative estimate of drug-likeness (QED) is 0.502. The first-order valence-electron chi connectivity index (χ1n) is 9.03. The molecule has 0 saturated heterocycles. The van der Waals surface area contributed by atoms with Crippen molar-refractivity contribution in [2.24, 2.45) is 0 Å². The first-order chi connectivity index (χ1) is 13.9. The number of anilines is 2. The van der Waals surface area contributed by atoms with E-state index in [-0.39, 0.29) is 22.0 Å². The Balaban J connectivity index is 2.06. The average molecular weight is 426 g/mol. The van der Waals surface area contributed by atoms with Crippen LogP contribution in [-0.4, -0.2) is 40.0 Å². The van der Waals surface area contributed by atoms with E-state index in [1.54, 1.807) is 13.0 Å². The lowest BCUT2D eigenvalue weighted by Crippen LogP contribution is -2.35. The number of hydrogen-bond donors (Lipinski definition) is 4. The topological polar surface area (TPSA) is 113 Å². The van der Waals surface area contributed by atoms with Gasteiger partial charge < -0.3 is 20.1 Å². The van der Waals surface area contributed by atoms with Gasteiger partial charge in [0.1, 0.15) is 16.9 Å². The van der Waals surface area contributed by atoms with Crippen LogP contribution in [0.3, 0.4) is 0 Å². The van der Waals surface area contributed by atoms with Gasteiger partial charge in [-0.05, 0) is 37.5 Å². The van der Waals surface area contributed by atoms with Crippen molar-refractivity contribution >= 4 is 28.9 Å². The summed E-state index contributed by atoms with van der Waals surface area (Å²) in [5.41, 5.74) is 2.90. The van der Waals surface area contributed by atoms with Crippen molar-refractivity contribution in [3.05, 3.63) is 56.2 Å². The third-order valence-electron chi connectivity index (χ3n) is 4.65. The second-order valence-corrected chi connectivity index (χ2v) is 7.09. The molecule has 156 valence electrons. The molecule has 1 aromatic heterocycles. The van der Waals surface area contributed by atoms with Gasteiger partial charge >= 0.3 is 0 Å². The molecule has 1 aromatic carbocycles. The van der Waals surface area contributed by atoms with Gasteiger partial charge in [-0.25, -0.2) is 9.87 Å². The molecule has 2 aromatic rings. The highest BCUT2D eigenvalue weighted by Gasteiger charge is 2.29. The highest BCUT2D eigenvalue weighted by Crippen LogP contribution is 2.33. The fourth-order valence-corrected chi connectivity index (χ4v) is 3.42. The molecule has 1 amide bonds. The Morgan fingerprint density at radius 2 is 2.10 bits per heavy atom. The predicted molar refractivity (Wildman–Crippen MR) is 105 cm³/mol. The molecule has 0 aliphatic carbocycles. The summed E-state index contributed by atoms with van der Waals surface area (Å²) in [6.07, 6.45) is 0.0779. The molecule has 10 heteroatoms. The van der Waals surface area contributed by atoms with E-state index in [1.165, 1.54) is 16.7 Å². The Labute approximate surface area is 170 Å². The number of amides is 1. The van der Waals surface area contributed by atoms with E-state index >= 15 is 0 Å². The standard InChI is InChI=1S/C19H21ClFN3O5/c1-10-4-5-13(12(21)7-10)22-17-15(18(27)23-29-11(8-25)9-26)14-3-2-6-24(14)19(28)16(17)20/h4-5,7,11,22,25-26H,2-3,6,8-9H2,1H3,(H,23,27). The molecular formula is C19H21ClFN3O5. The number of aliphatic hydroxyl groups excluding tert-OH is 2. The monoisotopic (exact) mass is 425 g/mol.